The Morgan fingerprint density at radius 3 is 1.15 bits per heavy atom. The van der Waals surface area contributed by atoms with Gasteiger partial charge in [0.1, 0.15) is 0 Å². The molecule has 9 heterocycles. The standard InChI is InChI=1S/2C18H21NO3.C18H20NO3.Ac.Li/c3*1-11-9-18-4-2-5-19(18)6-3-12-7-14-15(22-10-21-14)8-13(12)16(18)17(11)20;;/h2*7-9,16-17,20H,2-6,10H2,1H3;7-9,16-17H,2-6,10H2,1H3;;/q;;-1;;+1. The van der Waals surface area contributed by atoms with Gasteiger partial charge in [-0.2, -0.15) is 0 Å². The summed E-state index contributed by atoms with van der Waals surface area (Å²) in [5, 5.41) is 34.8. The molecule has 1 radical (unpaired) electrons. The van der Waals surface area contributed by atoms with Crippen LogP contribution in [0.1, 0.15) is 110 Å². The number of aliphatic hydroxyl groups is 2. The van der Waals surface area contributed by atoms with Crippen molar-refractivity contribution in [1.82, 2.24) is 14.7 Å². The summed E-state index contributed by atoms with van der Waals surface area (Å²) in [5.74, 6) is 5.27. The summed E-state index contributed by atoms with van der Waals surface area (Å²) < 4.78 is 33.4. The van der Waals surface area contributed by atoms with E-state index in [4.69, 9.17) is 28.4 Å². The summed E-state index contributed by atoms with van der Waals surface area (Å²) in [6.07, 6.45) is 15.6. The number of benzene rings is 3. The first-order chi connectivity index (χ1) is 32.1. The van der Waals surface area contributed by atoms with Gasteiger partial charge in [-0.15, -0.1) is 0 Å². The minimum absolute atomic E-state index is 0. The molecule has 0 amide bonds. The van der Waals surface area contributed by atoms with Crippen molar-refractivity contribution in [2.45, 2.75) is 131 Å². The third-order valence-corrected chi connectivity index (χ3v) is 18.0. The minimum Gasteiger partial charge on any atom is -0.848 e. The molecule has 12 aliphatic rings. The van der Waals surface area contributed by atoms with E-state index < -0.39 is 18.3 Å². The Hall–Kier alpha value is -2.52. The second-order valence-corrected chi connectivity index (χ2v) is 21.1. The van der Waals surface area contributed by atoms with Crippen molar-refractivity contribution >= 4 is 0 Å². The average Bonchev–Trinajstić information content (AvgIpc) is 4.19. The first-order valence-electron chi connectivity index (χ1n) is 24.7. The van der Waals surface area contributed by atoms with Crippen molar-refractivity contribution in [1.29, 1.82) is 0 Å². The van der Waals surface area contributed by atoms with Crippen LogP contribution in [0.15, 0.2) is 71.3 Å². The second kappa shape index (κ2) is 17.9. The van der Waals surface area contributed by atoms with Gasteiger partial charge in [0.2, 0.25) is 20.4 Å². The normalized spacial score (nSPS) is 34.6. The maximum atomic E-state index is 13.0. The van der Waals surface area contributed by atoms with E-state index in [1.165, 1.54) is 52.6 Å². The van der Waals surface area contributed by atoms with Crippen molar-refractivity contribution in [2.75, 3.05) is 59.6 Å². The zero-order valence-corrected chi connectivity index (χ0v) is 44.8. The fourth-order valence-electron chi connectivity index (χ4n) is 15.2. The summed E-state index contributed by atoms with van der Waals surface area (Å²) in [6, 6.07) is 12.7. The molecule has 351 valence electrons. The third kappa shape index (κ3) is 7.13. The number of nitrogens with zero attached hydrogens (tertiary/aromatic N) is 3. The van der Waals surface area contributed by atoms with E-state index in [0.29, 0.717) is 13.6 Å². The molecule has 12 nitrogen and oxygen atoms in total. The fourth-order valence-corrected chi connectivity index (χ4v) is 15.2. The van der Waals surface area contributed by atoms with Crippen LogP contribution in [-0.2, 0) is 19.3 Å². The molecule has 9 atom stereocenters. The van der Waals surface area contributed by atoms with Crippen LogP contribution in [0.5, 0.6) is 34.5 Å². The summed E-state index contributed by atoms with van der Waals surface area (Å²) in [6.45, 7) is 13.5. The molecule has 3 fully saturated rings. The van der Waals surface area contributed by atoms with E-state index in [9.17, 15) is 15.3 Å². The van der Waals surface area contributed by atoms with Gasteiger partial charge in [0.05, 0.1) is 12.2 Å². The molecular formula is C54H62AcLiN3O9. The predicted octanol–water partition coefficient (Wildman–Crippen LogP) is 3.00. The van der Waals surface area contributed by atoms with E-state index in [1.54, 1.807) is 0 Å². The zero-order chi connectivity index (χ0) is 44.7. The number of rotatable bonds is 0. The molecule has 0 aromatic heterocycles. The van der Waals surface area contributed by atoms with Crippen LogP contribution < -0.4 is 52.4 Å². The quantitative estimate of drug-likeness (QED) is 0.254. The molecule has 0 saturated carbocycles. The summed E-state index contributed by atoms with van der Waals surface area (Å²) >= 11 is 0. The number of fused-ring (bicyclic) bond motifs is 9. The van der Waals surface area contributed by atoms with Crippen LogP contribution in [0.4, 0.5) is 0 Å². The van der Waals surface area contributed by atoms with Crippen molar-refractivity contribution in [3.8, 4) is 34.5 Å². The maximum Gasteiger partial charge on any atom is 1.00 e. The molecule has 9 unspecified atom stereocenters. The Kier molecular flexibility index (Phi) is 12.6. The van der Waals surface area contributed by atoms with Crippen molar-refractivity contribution in [2.24, 2.45) is 0 Å². The Morgan fingerprint density at radius 2 is 0.779 bits per heavy atom. The van der Waals surface area contributed by atoms with E-state index in [2.05, 4.69) is 83.2 Å². The summed E-state index contributed by atoms with van der Waals surface area (Å²) in [7, 11) is 0. The Balaban J connectivity index is 0.000000110. The zero-order valence-electron chi connectivity index (χ0n) is 40.1. The third-order valence-electron chi connectivity index (χ3n) is 18.0. The van der Waals surface area contributed by atoms with Crippen LogP contribution in [-0.4, -0.2) is 119 Å². The molecule has 2 N–H and O–H groups in total. The van der Waals surface area contributed by atoms with Gasteiger partial charge in [-0.1, -0.05) is 29.9 Å². The fraction of sp³-hybridized carbons (Fsp3) is 0.556. The molecule has 3 aromatic rings. The van der Waals surface area contributed by atoms with Crippen LogP contribution >= 0.6 is 0 Å². The van der Waals surface area contributed by atoms with E-state index >= 15 is 0 Å². The smallest absolute Gasteiger partial charge is 0.848 e. The van der Waals surface area contributed by atoms with Gasteiger partial charge in [0.15, 0.2) is 34.5 Å². The predicted molar refractivity (Wildman–Crippen MR) is 245 cm³/mol. The van der Waals surface area contributed by atoms with Gasteiger partial charge in [-0.05, 0) is 185 Å². The number of hydrogen-bond acceptors (Lipinski definition) is 12. The first kappa shape index (κ1) is 47.8. The molecule has 3 spiro atoms. The SMILES string of the molecule is CC1=CC23CCCN2CCc2cc4c(cc2C3C1O)OCO4.CC1=CC23CCCN2CCc2cc4c(cc2C3C1O)OCO4.CC1=CC23CCCN2CCc2cc4c(cc2C3C1[O-])OCO4.[Ac].[Li+]. The van der Waals surface area contributed by atoms with Gasteiger partial charge in [0, 0.05) is 92.1 Å². The van der Waals surface area contributed by atoms with E-state index in [-0.39, 0.29) is 104 Å². The van der Waals surface area contributed by atoms with Gasteiger partial charge < -0.3 is 43.7 Å². The summed E-state index contributed by atoms with van der Waals surface area (Å²) in [4.78, 5) is 7.72. The van der Waals surface area contributed by atoms with Gasteiger partial charge in [-0.3, -0.25) is 14.7 Å². The van der Waals surface area contributed by atoms with Crippen LogP contribution in [0.2, 0.25) is 0 Å². The molecule has 68 heavy (non-hydrogen) atoms. The molecule has 3 aliphatic carbocycles. The van der Waals surface area contributed by atoms with Crippen molar-refractivity contribution in [3.63, 3.8) is 0 Å². The first-order valence-corrected chi connectivity index (χ1v) is 24.7. The van der Waals surface area contributed by atoms with Crippen LogP contribution in [0.3, 0.4) is 0 Å². The van der Waals surface area contributed by atoms with Crippen LogP contribution in [0.25, 0.3) is 0 Å². The number of ether oxygens (including phenoxy) is 6. The van der Waals surface area contributed by atoms with Gasteiger partial charge >= 0.3 is 18.9 Å². The molecule has 14 heteroatoms. The summed E-state index contributed by atoms with van der Waals surface area (Å²) in [5.41, 5.74) is 10.8. The Morgan fingerprint density at radius 1 is 0.471 bits per heavy atom. The maximum absolute atomic E-state index is 13.0. The van der Waals surface area contributed by atoms with Crippen molar-refractivity contribution in [3.05, 3.63) is 105 Å². The molecular weight excluding hydrogens is 1070 g/mol. The van der Waals surface area contributed by atoms with Gasteiger partial charge in [-0.25, -0.2) is 0 Å². The molecule has 0 bridgehead atoms. The second-order valence-electron chi connectivity index (χ2n) is 21.1. The monoisotopic (exact) mass is 1130 g/mol. The van der Waals surface area contributed by atoms with Crippen molar-refractivity contribution < 1.29 is 107 Å². The minimum atomic E-state index is -0.641. The van der Waals surface area contributed by atoms with Crippen LogP contribution in [0, 0.1) is 44.1 Å². The number of aliphatic hydroxyl groups excluding tert-OH is 2. The molecule has 3 aromatic carbocycles. The average molecular weight is 1130 g/mol. The Labute approximate surface area is 447 Å². The molecule has 15 rings (SSSR count). The Bertz CT molecular complexity index is 2340. The van der Waals surface area contributed by atoms with E-state index in [1.807, 2.05) is 6.92 Å². The molecule has 3 saturated heterocycles. The van der Waals surface area contributed by atoms with Gasteiger partial charge in [0.25, 0.3) is 0 Å². The van der Waals surface area contributed by atoms with E-state index in [0.717, 1.165) is 129 Å². The largest absolute Gasteiger partial charge is 1.00 e. The number of hydrogen-bond donors (Lipinski definition) is 2. The topological polar surface area (TPSA) is 129 Å². The molecule has 9 aliphatic heterocycles.